The van der Waals surface area contributed by atoms with E-state index in [1.165, 1.54) is 0 Å². The van der Waals surface area contributed by atoms with Crippen molar-refractivity contribution in [2.45, 2.75) is 52.6 Å². The average molecular weight is 422 g/mol. The molecule has 2 amide bonds. The Labute approximate surface area is 186 Å². The number of likely N-dealkylation sites (tertiary alicyclic amines) is 1. The van der Waals surface area contributed by atoms with Crippen LogP contribution < -0.4 is 10.6 Å². The smallest absolute Gasteiger partial charge is 0.246 e. The summed E-state index contributed by atoms with van der Waals surface area (Å²) < 4.78 is 0. The lowest BCUT2D eigenvalue weighted by Crippen LogP contribution is -2.47. The number of benzene rings is 2. The lowest BCUT2D eigenvalue weighted by molar-refractivity contribution is -0.128. The largest absolute Gasteiger partial charge is 0.353 e. The van der Waals surface area contributed by atoms with Crippen molar-refractivity contribution in [2.24, 2.45) is 11.8 Å². The monoisotopic (exact) mass is 421 g/mol. The van der Waals surface area contributed by atoms with Gasteiger partial charge in [-0.1, -0.05) is 61.9 Å². The Morgan fingerprint density at radius 2 is 1.55 bits per heavy atom. The zero-order valence-corrected chi connectivity index (χ0v) is 19.1. The molecule has 0 aliphatic carbocycles. The molecular weight excluding hydrogens is 386 g/mol. The minimum Gasteiger partial charge on any atom is -0.353 e. The van der Waals surface area contributed by atoms with Gasteiger partial charge in [0, 0.05) is 17.6 Å². The first-order chi connectivity index (χ1) is 14.8. The summed E-state index contributed by atoms with van der Waals surface area (Å²) in [6.07, 6.45) is 1.52. The summed E-state index contributed by atoms with van der Waals surface area (Å²) in [7, 11) is 0. The van der Waals surface area contributed by atoms with Crippen LogP contribution in [0, 0.1) is 18.8 Å². The molecule has 0 unspecified atom stereocenters. The number of carbonyl (C=O) groups excluding carboxylic acids is 2. The summed E-state index contributed by atoms with van der Waals surface area (Å²) in [4.78, 5) is 28.2. The molecule has 2 aromatic rings. The molecule has 3 rings (SSSR count). The van der Waals surface area contributed by atoms with Crippen molar-refractivity contribution in [3.05, 3.63) is 65.7 Å². The maximum atomic E-state index is 13.3. The maximum Gasteiger partial charge on any atom is 0.246 e. The Balaban J connectivity index is 1.69. The van der Waals surface area contributed by atoms with Gasteiger partial charge in [0.2, 0.25) is 11.8 Å². The fraction of sp³-hybridized carbons (Fsp3) is 0.462. The molecule has 0 aromatic heterocycles. The molecule has 0 radical (unpaired) electrons. The van der Waals surface area contributed by atoms with E-state index in [1.807, 2.05) is 61.5 Å². The minimum atomic E-state index is -0.374. The lowest BCUT2D eigenvalue weighted by atomic mass is 9.92. The summed E-state index contributed by atoms with van der Waals surface area (Å²) >= 11 is 0. The van der Waals surface area contributed by atoms with Gasteiger partial charge < -0.3 is 10.6 Å². The van der Waals surface area contributed by atoms with E-state index in [9.17, 15) is 9.59 Å². The van der Waals surface area contributed by atoms with E-state index in [4.69, 9.17) is 0 Å². The van der Waals surface area contributed by atoms with Crippen molar-refractivity contribution >= 4 is 17.5 Å². The SMILES string of the molecule is Cc1ccc(NC(=O)[C@H](c2ccccc2)N2CCC(C(=O)N[C@@H](C)C(C)C)CC2)cc1. The van der Waals surface area contributed by atoms with Gasteiger partial charge in [0.25, 0.3) is 0 Å². The number of anilines is 1. The topological polar surface area (TPSA) is 61.4 Å². The van der Waals surface area contributed by atoms with Crippen LogP contribution in [-0.2, 0) is 9.59 Å². The molecule has 1 fully saturated rings. The fourth-order valence-corrected chi connectivity index (χ4v) is 3.94. The Bertz CT molecular complexity index is 856. The third-order valence-electron chi connectivity index (χ3n) is 6.32. The summed E-state index contributed by atoms with van der Waals surface area (Å²) in [6, 6.07) is 17.6. The number of hydrogen-bond donors (Lipinski definition) is 2. The standard InChI is InChI=1S/C26H35N3O2/c1-18(2)20(4)27-25(30)22-14-16-29(17-15-22)24(21-8-6-5-7-9-21)26(31)28-23-12-10-19(3)11-13-23/h5-13,18,20,22,24H,14-17H2,1-4H3,(H,27,30)(H,28,31)/t20-,24-/m0/s1. The maximum absolute atomic E-state index is 13.3. The molecule has 0 bridgehead atoms. The zero-order valence-electron chi connectivity index (χ0n) is 19.1. The second kappa shape index (κ2) is 10.6. The molecule has 1 heterocycles. The molecule has 0 saturated carbocycles. The molecule has 2 atom stereocenters. The number of aryl methyl sites for hydroxylation is 1. The number of hydrogen-bond acceptors (Lipinski definition) is 3. The van der Waals surface area contributed by atoms with Crippen LogP contribution >= 0.6 is 0 Å². The first kappa shape index (κ1) is 23.0. The van der Waals surface area contributed by atoms with E-state index in [1.54, 1.807) is 0 Å². The molecule has 1 aliphatic rings. The second-order valence-electron chi connectivity index (χ2n) is 9.02. The summed E-state index contributed by atoms with van der Waals surface area (Å²) in [5.41, 5.74) is 2.93. The Hall–Kier alpha value is -2.66. The molecule has 5 nitrogen and oxygen atoms in total. The highest BCUT2D eigenvalue weighted by Gasteiger charge is 2.33. The third-order valence-corrected chi connectivity index (χ3v) is 6.32. The number of nitrogens with zero attached hydrogens (tertiary/aromatic N) is 1. The van der Waals surface area contributed by atoms with Gasteiger partial charge >= 0.3 is 0 Å². The molecule has 2 N–H and O–H groups in total. The van der Waals surface area contributed by atoms with Crippen LogP contribution in [0.5, 0.6) is 0 Å². The zero-order chi connectivity index (χ0) is 22.4. The second-order valence-corrected chi connectivity index (χ2v) is 9.02. The highest BCUT2D eigenvalue weighted by Crippen LogP contribution is 2.28. The molecule has 1 aliphatic heterocycles. The number of carbonyl (C=O) groups is 2. The van der Waals surface area contributed by atoms with Crippen LogP contribution in [0.25, 0.3) is 0 Å². The van der Waals surface area contributed by atoms with Gasteiger partial charge in [-0.2, -0.15) is 0 Å². The van der Waals surface area contributed by atoms with Crippen molar-refractivity contribution in [1.82, 2.24) is 10.2 Å². The van der Waals surface area contributed by atoms with Crippen molar-refractivity contribution < 1.29 is 9.59 Å². The summed E-state index contributed by atoms with van der Waals surface area (Å²) in [5, 5.41) is 6.23. The highest BCUT2D eigenvalue weighted by atomic mass is 16.2. The van der Waals surface area contributed by atoms with E-state index >= 15 is 0 Å². The molecule has 31 heavy (non-hydrogen) atoms. The van der Waals surface area contributed by atoms with E-state index in [0.717, 1.165) is 42.7 Å². The van der Waals surface area contributed by atoms with Gasteiger partial charge in [0.15, 0.2) is 0 Å². The van der Waals surface area contributed by atoms with Crippen molar-refractivity contribution in [1.29, 1.82) is 0 Å². The van der Waals surface area contributed by atoms with Crippen LogP contribution in [0.4, 0.5) is 5.69 Å². The van der Waals surface area contributed by atoms with Gasteiger partial charge in [0.05, 0.1) is 0 Å². The van der Waals surface area contributed by atoms with Gasteiger partial charge in [-0.25, -0.2) is 0 Å². The van der Waals surface area contributed by atoms with Crippen molar-refractivity contribution in [2.75, 3.05) is 18.4 Å². The van der Waals surface area contributed by atoms with Crippen LogP contribution in [-0.4, -0.2) is 35.8 Å². The Morgan fingerprint density at radius 1 is 0.935 bits per heavy atom. The van der Waals surface area contributed by atoms with E-state index in [0.29, 0.717) is 5.92 Å². The first-order valence-corrected chi connectivity index (χ1v) is 11.3. The van der Waals surface area contributed by atoms with Crippen LogP contribution in [0.3, 0.4) is 0 Å². The Kier molecular flexibility index (Phi) is 7.85. The number of nitrogens with one attached hydrogen (secondary N) is 2. The van der Waals surface area contributed by atoms with Crippen molar-refractivity contribution in [3.8, 4) is 0 Å². The van der Waals surface area contributed by atoms with Gasteiger partial charge in [0.1, 0.15) is 6.04 Å². The molecule has 166 valence electrons. The average Bonchev–Trinajstić information content (AvgIpc) is 2.76. The molecule has 5 heteroatoms. The lowest BCUT2D eigenvalue weighted by Gasteiger charge is -2.37. The van der Waals surface area contributed by atoms with E-state index in [-0.39, 0.29) is 29.8 Å². The summed E-state index contributed by atoms with van der Waals surface area (Å²) in [6.45, 7) is 9.75. The molecule has 0 spiro atoms. The number of amides is 2. The normalized spacial score (nSPS) is 17.2. The van der Waals surface area contributed by atoms with Crippen LogP contribution in [0.1, 0.15) is 50.8 Å². The fourth-order valence-electron chi connectivity index (χ4n) is 3.94. The van der Waals surface area contributed by atoms with E-state index in [2.05, 4.69) is 36.3 Å². The molecular formula is C26H35N3O2. The first-order valence-electron chi connectivity index (χ1n) is 11.3. The third kappa shape index (κ3) is 6.17. The van der Waals surface area contributed by atoms with Crippen molar-refractivity contribution in [3.63, 3.8) is 0 Å². The van der Waals surface area contributed by atoms with Crippen LogP contribution in [0.15, 0.2) is 54.6 Å². The van der Waals surface area contributed by atoms with Gasteiger partial charge in [-0.3, -0.25) is 14.5 Å². The molecule has 1 saturated heterocycles. The predicted molar refractivity (Wildman–Crippen MR) is 126 cm³/mol. The highest BCUT2D eigenvalue weighted by molar-refractivity contribution is 5.95. The predicted octanol–water partition coefficient (Wildman–Crippen LogP) is 4.55. The van der Waals surface area contributed by atoms with Gasteiger partial charge in [-0.15, -0.1) is 0 Å². The number of rotatable bonds is 7. The van der Waals surface area contributed by atoms with Gasteiger partial charge in [-0.05, 0) is 63.4 Å². The summed E-state index contributed by atoms with van der Waals surface area (Å²) in [5.74, 6) is 0.526. The quantitative estimate of drug-likeness (QED) is 0.690. The number of piperidine rings is 1. The molecule has 2 aromatic carbocycles. The van der Waals surface area contributed by atoms with E-state index < -0.39 is 0 Å². The van der Waals surface area contributed by atoms with Crippen LogP contribution in [0.2, 0.25) is 0 Å². The minimum absolute atomic E-state index is 0.00836. The Morgan fingerprint density at radius 3 is 2.13 bits per heavy atom.